The highest BCUT2D eigenvalue weighted by Gasteiger charge is 2.10. The topological polar surface area (TPSA) is 78.6 Å². The summed E-state index contributed by atoms with van der Waals surface area (Å²) in [7, 11) is 0. The molecule has 0 amide bonds. The standard InChI is InChI=1S/C7H13NO4.ClH/c1-2-11-6(9)5-7(10)12-4-3-8;/h2-5,8H2,1H3;1H. The van der Waals surface area contributed by atoms with Gasteiger partial charge in [0.2, 0.25) is 0 Å². The van der Waals surface area contributed by atoms with E-state index in [1.807, 2.05) is 0 Å². The third-order valence-electron chi connectivity index (χ3n) is 0.975. The van der Waals surface area contributed by atoms with Crippen LogP contribution >= 0.6 is 12.4 Å². The molecule has 0 aromatic carbocycles. The van der Waals surface area contributed by atoms with Gasteiger partial charge < -0.3 is 15.2 Å². The van der Waals surface area contributed by atoms with Gasteiger partial charge in [-0.1, -0.05) is 0 Å². The molecule has 0 aromatic rings. The molecule has 0 rings (SSSR count). The summed E-state index contributed by atoms with van der Waals surface area (Å²) in [5, 5.41) is 0. The van der Waals surface area contributed by atoms with Crippen molar-refractivity contribution in [2.45, 2.75) is 13.3 Å². The monoisotopic (exact) mass is 211 g/mol. The lowest BCUT2D eigenvalue weighted by atomic mass is 10.4. The lowest BCUT2D eigenvalue weighted by molar-refractivity contribution is -0.154. The quantitative estimate of drug-likeness (QED) is 0.506. The van der Waals surface area contributed by atoms with Crippen LogP contribution in [0.1, 0.15) is 13.3 Å². The van der Waals surface area contributed by atoms with E-state index in [-0.39, 0.29) is 38.6 Å². The molecule has 0 heterocycles. The van der Waals surface area contributed by atoms with Crippen LogP contribution in [0.2, 0.25) is 0 Å². The molecule has 0 aromatic heterocycles. The Morgan fingerprint density at radius 2 is 1.77 bits per heavy atom. The molecule has 5 nitrogen and oxygen atoms in total. The van der Waals surface area contributed by atoms with E-state index >= 15 is 0 Å². The van der Waals surface area contributed by atoms with Gasteiger partial charge in [-0.05, 0) is 6.92 Å². The molecule has 0 atom stereocenters. The van der Waals surface area contributed by atoms with Crippen molar-refractivity contribution in [2.75, 3.05) is 19.8 Å². The minimum Gasteiger partial charge on any atom is -0.466 e. The molecule has 0 saturated carbocycles. The van der Waals surface area contributed by atoms with Crippen molar-refractivity contribution in [3.8, 4) is 0 Å². The van der Waals surface area contributed by atoms with Gasteiger partial charge in [-0.2, -0.15) is 0 Å². The number of hydrogen-bond donors (Lipinski definition) is 1. The smallest absolute Gasteiger partial charge is 0.317 e. The summed E-state index contributed by atoms with van der Waals surface area (Å²) in [6, 6.07) is 0. The second-order valence-electron chi connectivity index (χ2n) is 1.99. The maximum absolute atomic E-state index is 10.7. The third kappa shape index (κ3) is 9.10. The Kier molecular flexibility index (Phi) is 10.5. The number of esters is 2. The molecule has 2 N–H and O–H groups in total. The minimum absolute atomic E-state index is 0. The summed E-state index contributed by atoms with van der Waals surface area (Å²) in [4.78, 5) is 21.4. The Morgan fingerprint density at radius 3 is 2.23 bits per heavy atom. The van der Waals surface area contributed by atoms with E-state index < -0.39 is 11.9 Å². The Morgan fingerprint density at radius 1 is 1.23 bits per heavy atom. The predicted octanol–water partition coefficient (Wildman–Crippen LogP) is -0.137. The summed E-state index contributed by atoms with van der Waals surface area (Å²) in [6.45, 7) is 2.33. The summed E-state index contributed by atoms with van der Waals surface area (Å²) >= 11 is 0. The van der Waals surface area contributed by atoms with E-state index in [0.717, 1.165) is 0 Å². The van der Waals surface area contributed by atoms with Crippen LogP contribution in [0.15, 0.2) is 0 Å². The van der Waals surface area contributed by atoms with E-state index in [0.29, 0.717) is 0 Å². The summed E-state index contributed by atoms with van der Waals surface area (Å²) in [5.41, 5.74) is 5.07. The van der Waals surface area contributed by atoms with Crippen LogP contribution in [0.4, 0.5) is 0 Å². The molecule has 0 saturated heterocycles. The minimum atomic E-state index is -0.598. The van der Waals surface area contributed by atoms with Crippen molar-refractivity contribution in [2.24, 2.45) is 5.73 Å². The van der Waals surface area contributed by atoms with Gasteiger partial charge >= 0.3 is 11.9 Å². The van der Waals surface area contributed by atoms with Crippen LogP contribution in [-0.4, -0.2) is 31.7 Å². The Balaban J connectivity index is 0. The fraction of sp³-hybridized carbons (Fsp3) is 0.714. The van der Waals surface area contributed by atoms with Gasteiger partial charge in [-0.15, -0.1) is 12.4 Å². The first-order valence-corrected chi connectivity index (χ1v) is 3.72. The van der Waals surface area contributed by atoms with E-state index in [1.54, 1.807) is 6.92 Å². The van der Waals surface area contributed by atoms with Crippen molar-refractivity contribution >= 4 is 24.3 Å². The summed E-state index contributed by atoms with van der Waals surface area (Å²) in [5.74, 6) is -1.17. The number of halogens is 1. The van der Waals surface area contributed by atoms with E-state index in [4.69, 9.17) is 5.73 Å². The van der Waals surface area contributed by atoms with Gasteiger partial charge in [-0.3, -0.25) is 9.59 Å². The lowest BCUT2D eigenvalue weighted by Gasteiger charge is -2.02. The Labute approximate surface area is 83.0 Å². The zero-order valence-corrected chi connectivity index (χ0v) is 8.26. The number of ether oxygens (including phenoxy) is 2. The van der Waals surface area contributed by atoms with Gasteiger partial charge in [0.25, 0.3) is 0 Å². The highest BCUT2D eigenvalue weighted by molar-refractivity contribution is 5.91. The van der Waals surface area contributed by atoms with Crippen LogP contribution in [0.3, 0.4) is 0 Å². The SMILES string of the molecule is CCOC(=O)CC(=O)OCCN.Cl. The molecule has 0 aliphatic heterocycles. The van der Waals surface area contributed by atoms with Gasteiger partial charge in [0, 0.05) is 6.54 Å². The average molecular weight is 212 g/mol. The molecule has 0 unspecified atom stereocenters. The van der Waals surface area contributed by atoms with Crippen molar-refractivity contribution in [1.82, 2.24) is 0 Å². The lowest BCUT2D eigenvalue weighted by Crippen LogP contribution is -2.17. The molecule has 78 valence electrons. The van der Waals surface area contributed by atoms with Crippen LogP contribution in [0.5, 0.6) is 0 Å². The fourth-order valence-electron chi connectivity index (χ4n) is 0.554. The second-order valence-corrected chi connectivity index (χ2v) is 1.99. The first-order valence-electron chi connectivity index (χ1n) is 3.72. The molecule has 0 fully saturated rings. The van der Waals surface area contributed by atoms with Crippen molar-refractivity contribution < 1.29 is 19.1 Å². The summed E-state index contributed by atoms with van der Waals surface area (Å²) in [6.07, 6.45) is -0.339. The molecule has 0 aliphatic carbocycles. The normalized spacial score (nSPS) is 8.46. The zero-order valence-electron chi connectivity index (χ0n) is 7.45. The fourth-order valence-corrected chi connectivity index (χ4v) is 0.554. The van der Waals surface area contributed by atoms with Gasteiger partial charge in [0.1, 0.15) is 13.0 Å². The Bertz CT molecular complexity index is 163. The van der Waals surface area contributed by atoms with Crippen LogP contribution < -0.4 is 5.73 Å². The van der Waals surface area contributed by atoms with Crippen LogP contribution in [0, 0.1) is 0 Å². The molecule has 0 bridgehead atoms. The molecule has 0 radical (unpaired) electrons. The zero-order chi connectivity index (χ0) is 9.40. The predicted molar refractivity (Wildman–Crippen MR) is 48.5 cm³/mol. The van der Waals surface area contributed by atoms with E-state index in [9.17, 15) is 9.59 Å². The molecule has 6 heteroatoms. The van der Waals surface area contributed by atoms with Gasteiger partial charge in [0.05, 0.1) is 6.61 Å². The van der Waals surface area contributed by atoms with E-state index in [2.05, 4.69) is 9.47 Å². The Hall–Kier alpha value is -0.810. The third-order valence-corrected chi connectivity index (χ3v) is 0.975. The summed E-state index contributed by atoms with van der Waals surface area (Å²) < 4.78 is 9.06. The second kappa shape index (κ2) is 9.28. The first kappa shape index (κ1) is 14.7. The van der Waals surface area contributed by atoms with Gasteiger partial charge in [0.15, 0.2) is 0 Å². The largest absolute Gasteiger partial charge is 0.466 e. The number of carbonyl (C=O) groups excluding carboxylic acids is 2. The number of rotatable bonds is 5. The molecule has 0 spiro atoms. The molecular weight excluding hydrogens is 198 g/mol. The van der Waals surface area contributed by atoms with Crippen molar-refractivity contribution in [1.29, 1.82) is 0 Å². The molecule has 0 aliphatic rings. The molecular formula is C7H14ClNO4. The number of nitrogens with two attached hydrogens (primary N) is 1. The highest BCUT2D eigenvalue weighted by Crippen LogP contribution is 1.89. The van der Waals surface area contributed by atoms with Crippen LogP contribution in [0.25, 0.3) is 0 Å². The number of hydrogen-bond acceptors (Lipinski definition) is 5. The number of carbonyl (C=O) groups is 2. The highest BCUT2D eigenvalue weighted by atomic mass is 35.5. The molecule has 13 heavy (non-hydrogen) atoms. The maximum Gasteiger partial charge on any atom is 0.317 e. The average Bonchev–Trinajstić information content (AvgIpc) is 2.01. The van der Waals surface area contributed by atoms with Crippen LogP contribution in [-0.2, 0) is 19.1 Å². The maximum atomic E-state index is 10.7. The van der Waals surface area contributed by atoms with E-state index in [1.165, 1.54) is 0 Å². The van der Waals surface area contributed by atoms with Crippen molar-refractivity contribution in [3.05, 3.63) is 0 Å². The van der Waals surface area contributed by atoms with Crippen molar-refractivity contribution in [3.63, 3.8) is 0 Å². The first-order chi connectivity index (χ1) is 5.70. The van der Waals surface area contributed by atoms with Gasteiger partial charge in [-0.25, -0.2) is 0 Å².